The number of carbonyl (C=O) groups is 2. The molecule has 0 aliphatic carbocycles. The normalized spacial score (nSPS) is 10.4. The molecule has 0 bridgehead atoms. The molecule has 0 fully saturated rings. The number of hydrogen-bond donors (Lipinski definition) is 3. The molecule has 0 unspecified atom stereocenters. The summed E-state index contributed by atoms with van der Waals surface area (Å²) < 4.78 is 0. The Balaban J connectivity index is 2.90. The van der Waals surface area contributed by atoms with Gasteiger partial charge in [-0.3, -0.25) is 4.79 Å². The van der Waals surface area contributed by atoms with Gasteiger partial charge in [0.2, 0.25) is 0 Å². The lowest BCUT2D eigenvalue weighted by Crippen LogP contribution is -1.97. The zero-order valence-electron chi connectivity index (χ0n) is 8.54. The first-order valence-corrected chi connectivity index (χ1v) is 4.71. The molecule has 5 nitrogen and oxygen atoms in total. The van der Waals surface area contributed by atoms with Crippen molar-refractivity contribution in [1.82, 2.24) is 0 Å². The predicted molar refractivity (Wildman–Crippen MR) is 59.6 cm³/mol. The third-order valence-corrected chi connectivity index (χ3v) is 2.50. The number of aldehydes is 1. The van der Waals surface area contributed by atoms with Gasteiger partial charge in [0.05, 0.1) is 5.56 Å². The summed E-state index contributed by atoms with van der Waals surface area (Å²) in [7, 11) is 0. The van der Waals surface area contributed by atoms with Crippen LogP contribution in [-0.4, -0.2) is 27.6 Å². The Bertz CT molecular complexity index is 630. The maximum atomic E-state index is 10.8. The maximum absolute atomic E-state index is 10.8. The lowest BCUT2D eigenvalue weighted by atomic mass is 10.0. The smallest absolute Gasteiger partial charge is 0.339 e. The quantitative estimate of drug-likeness (QED) is 0.686. The van der Waals surface area contributed by atoms with Crippen molar-refractivity contribution in [2.24, 2.45) is 0 Å². The Kier molecular flexibility index (Phi) is 2.44. The number of aromatic hydroxyl groups is 2. The van der Waals surface area contributed by atoms with Crippen LogP contribution in [0.15, 0.2) is 24.3 Å². The molecule has 5 heteroatoms. The highest BCUT2D eigenvalue weighted by atomic mass is 16.4. The van der Waals surface area contributed by atoms with Crippen molar-refractivity contribution in [2.75, 3.05) is 0 Å². The van der Waals surface area contributed by atoms with Crippen LogP contribution in [0.1, 0.15) is 20.7 Å². The lowest BCUT2D eigenvalue weighted by molar-refractivity contribution is 0.0693. The summed E-state index contributed by atoms with van der Waals surface area (Å²) >= 11 is 0. The number of fused-ring (bicyclic) bond motifs is 1. The highest BCUT2D eigenvalue weighted by molar-refractivity contribution is 6.05. The van der Waals surface area contributed by atoms with Gasteiger partial charge in [-0.25, -0.2) is 4.79 Å². The maximum Gasteiger partial charge on any atom is 0.339 e. The summed E-state index contributed by atoms with van der Waals surface area (Å²) in [5, 5.41) is 28.6. The van der Waals surface area contributed by atoms with E-state index >= 15 is 0 Å². The van der Waals surface area contributed by atoms with Crippen molar-refractivity contribution in [3.8, 4) is 11.5 Å². The Labute approximate surface area is 95.5 Å². The van der Waals surface area contributed by atoms with E-state index in [0.717, 1.165) is 6.07 Å². The van der Waals surface area contributed by atoms with Crippen LogP contribution >= 0.6 is 0 Å². The number of carboxylic acid groups (broad SMARTS) is 1. The van der Waals surface area contributed by atoms with E-state index in [1.165, 1.54) is 18.2 Å². The largest absolute Gasteiger partial charge is 0.507 e. The van der Waals surface area contributed by atoms with E-state index in [9.17, 15) is 19.8 Å². The molecule has 86 valence electrons. The monoisotopic (exact) mass is 232 g/mol. The number of carbonyl (C=O) groups excluding carboxylic acids is 1. The minimum absolute atomic E-state index is 0.00463. The molecule has 17 heavy (non-hydrogen) atoms. The summed E-state index contributed by atoms with van der Waals surface area (Å²) in [6.07, 6.45) is 0.445. The number of carboxylic acids is 1. The minimum atomic E-state index is -1.30. The van der Waals surface area contributed by atoms with Gasteiger partial charge in [-0.1, -0.05) is 6.07 Å². The fraction of sp³-hybridized carbons (Fsp3) is 0. The van der Waals surface area contributed by atoms with E-state index < -0.39 is 5.97 Å². The molecule has 0 aliphatic rings. The number of phenolic OH excluding ortho intramolecular Hbond substituents is 1. The first kappa shape index (κ1) is 10.9. The molecule has 0 aromatic heterocycles. The SMILES string of the molecule is O=Cc1c(O)ccc2cc(O)c(C(=O)O)cc12. The summed E-state index contributed by atoms with van der Waals surface area (Å²) in [6.45, 7) is 0. The van der Waals surface area contributed by atoms with Crippen molar-refractivity contribution in [1.29, 1.82) is 0 Å². The van der Waals surface area contributed by atoms with Crippen LogP contribution in [0.4, 0.5) is 0 Å². The third-order valence-electron chi connectivity index (χ3n) is 2.50. The van der Waals surface area contributed by atoms with Crippen LogP contribution in [-0.2, 0) is 0 Å². The number of hydrogen-bond acceptors (Lipinski definition) is 4. The molecule has 2 rings (SSSR count). The van der Waals surface area contributed by atoms with Gasteiger partial charge in [0.1, 0.15) is 17.1 Å². The zero-order valence-corrected chi connectivity index (χ0v) is 8.54. The van der Waals surface area contributed by atoms with Gasteiger partial charge in [0.25, 0.3) is 0 Å². The van der Waals surface area contributed by atoms with Gasteiger partial charge in [0, 0.05) is 0 Å². The second kappa shape index (κ2) is 3.79. The molecular weight excluding hydrogens is 224 g/mol. The van der Waals surface area contributed by atoms with Crippen molar-refractivity contribution in [2.45, 2.75) is 0 Å². The van der Waals surface area contributed by atoms with Gasteiger partial charge < -0.3 is 15.3 Å². The molecule has 0 radical (unpaired) electrons. The van der Waals surface area contributed by atoms with Crippen molar-refractivity contribution >= 4 is 23.0 Å². The van der Waals surface area contributed by atoms with Gasteiger partial charge in [0.15, 0.2) is 6.29 Å². The highest BCUT2D eigenvalue weighted by Crippen LogP contribution is 2.30. The number of aromatic carboxylic acids is 1. The van der Waals surface area contributed by atoms with E-state index in [-0.39, 0.29) is 28.0 Å². The Morgan fingerprint density at radius 2 is 1.82 bits per heavy atom. The molecule has 3 N–H and O–H groups in total. The second-order valence-corrected chi connectivity index (χ2v) is 3.51. The van der Waals surface area contributed by atoms with Crippen LogP contribution in [0, 0.1) is 0 Å². The molecule has 0 atom stereocenters. The Hall–Kier alpha value is -2.56. The number of rotatable bonds is 2. The van der Waals surface area contributed by atoms with E-state index in [1.54, 1.807) is 0 Å². The second-order valence-electron chi connectivity index (χ2n) is 3.51. The average molecular weight is 232 g/mol. The fourth-order valence-corrected chi connectivity index (χ4v) is 1.67. The summed E-state index contributed by atoms with van der Waals surface area (Å²) in [4.78, 5) is 21.7. The van der Waals surface area contributed by atoms with Crippen LogP contribution in [0.2, 0.25) is 0 Å². The summed E-state index contributed by atoms with van der Waals surface area (Å²) in [5.74, 6) is -1.91. The Morgan fingerprint density at radius 3 is 2.41 bits per heavy atom. The molecule has 0 amide bonds. The van der Waals surface area contributed by atoms with Gasteiger partial charge >= 0.3 is 5.97 Å². The van der Waals surface area contributed by atoms with Crippen molar-refractivity contribution < 1.29 is 24.9 Å². The molecule has 0 saturated heterocycles. The fourth-order valence-electron chi connectivity index (χ4n) is 1.67. The molecule has 0 saturated carbocycles. The van der Waals surface area contributed by atoms with Crippen molar-refractivity contribution in [3.63, 3.8) is 0 Å². The lowest BCUT2D eigenvalue weighted by Gasteiger charge is -2.06. The molecule has 0 spiro atoms. The standard InChI is InChI=1S/C12H8O5/c13-5-9-7-4-8(12(16)17)11(15)3-6(7)1-2-10(9)14/h1-5,14-15H,(H,16,17). The highest BCUT2D eigenvalue weighted by Gasteiger charge is 2.14. The molecule has 2 aromatic rings. The van der Waals surface area contributed by atoms with Gasteiger partial charge in [-0.2, -0.15) is 0 Å². The summed E-state index contributed by atoms with van der Waals surface area (Å²) in [6, 6.07) is 5.21. The molecule has 0 heterocycles. The van der Waals surface area contributed by atoms with Crippen LogP contribution in [0.25, 0.3) is 10.8 Å². The van der Waals surface area contributed by atoms with Gasteiger partial charge in [-0.15, -0.1) is 0 Å². The van der Waals surface area contributed by atoms with E-state index in [0.29, 0.717) is 11.7 Å². The molecule has 2 aromatic carbocycles. The van der Waals surface area contributed by atoms with Crippen LogP contribution < -0.4 is 0 Å². The van der Waals surface area contributed by atoms with Gasteiger partial charge in [-0.05, 0) is 29.0 Å². The molecule has 0 aliphatic heterocycles. The van der Waals surface area contributed by atoms with Crippen LogP contribution in [0.3, 0.4) is 0 Å². The average Bonchev–Trinajstić information content (AvgIpc) is 2.28. The first-order valence-electron chi connectivity index (χ1n) is 4.71. The molecular formula is C12H8O5. The van der Waals surface area contributed by atoms with E-state index in [4.69, 9.17) is 5.11 Å². The summed E-state index contributed by atoms with van der Waals surface area (Å²) in [5.41, 5.74) is -0.309. The third kappa shape index (κ3) is 1.67. The van der Waals surface area contributed by atoms with E-state index in [2.05, 4.69) is 0 Å². The van der Waals surface area contributed by atoms with Crippen LogP contribution in [0.5, 0.6) is 11.5 Å². The minimum Gasteiger partial charge on any atom is -0.507 e. The van der Waals surface area contributed by atoms with Crippen molar-refractivity contribution in [3.05, 3.63) is 35.4 Å². The number of phenols is 2. The zero-order chi connectivity index (χ0) is 12.6. The predicted octanol–water partition coefficient (Wildman–Crippen LogP) is 1.76. The Morgan fingerprint density at radius 1 is 1.12 bits per heavy atom. The topological polar surface area (TPSA) is 94.8 Å². The number of benzene rings is 2. The first-order chi connectivity index (χ1) is 8.04. The van der Waals surface area contributed by atoms with E-state index in [1.807, 2.05) is 0 Å².